The summed E-state index contributed by atoms with van der Waals surface area (Å²) < 4.78 is 1.87. The van der Waals surface area contributed by atoms with E-state index in [-0.39, 0.29) is 0 Å². The van der Waals surface area contributed by atoms with Crippen LogP contribution in [0, 0.1) is 18.8 Å². The van der Waals surface area contributed by atoms with Gasteiger partial charge >= 0.3 is 5.97 Å². The Morgan fingerprint density at radius 2 is 1.94 bits per heavy atom. The molecule has 1 saturated carbocycles. The fraction of sp³-hybridized carbons (Fsp3) is 0.692. The predicted molar refractivity (Wildman–Crippen MR) is 65.1 cm³/mol. The summed E-state index contributed by atoms with van der Waals surface area (Å²) in [5.41, 5.74) is 0.944. The highest BCUT2D eigenvalue weighted by atomic mass is 16.4. The topological polar surface area (TPSA) is 55.1 Å². The molecule has 0 amide bonds. The van der Waals surface area contributed by atoms with Crippen molar-refractivity contribution in [2.45, 2.75) is 46.1 Å². The Bertz CT molecular complexity index is 415. The van der Waals surface area contributed by atoms with Gasteiger partial charge in [0.25, 0.3) is 0 Å². The summed E-state index contributed by atoms with van der Waals surface area (Å²) in [6, 6.07) is 0.362. The first-order valence-electron chi connectivity index (χ1n) is 6.26. The largest absolute Gasteiger partial charge is 0.478 e. The average molecular weight is 236 g/mol. The number of rotatable bonds is 2. The minimum Gasteiger partial charge on any atom is -0.478 e. The Kier molecular flexibility index (Phi) is 3.22. The second-order valence-electron chi connectivity index (χ2n) is 5.48. The molecule has 4 heteroatoms. The van der Waals surface area contributed by atoms with Gasteiger partial charge < -0.3 is 5.11 Å². The quantitative estimate of drug-likeness (QED) is 0.859. The van der Waals surface area contributed by atoms with Crippen LogP contribution in [0.2, 0.25) is 0 Å². The van der Waals surface area contributed by atoms with Crippen molar-refractivity contribution in [3.05, 3.63) is 17.5 Å². The summed E-state index contributed by atoms with van der Waals surface area (Å²) in [6.07, 6.45) is 5.16. The molecule has 4 nitrogen and oxygen atoms in total. The third-order valence-electron chi connectivity index (χ3n) is 3.67. The van der Waals surface area contributed by atoms with E-state index >= 15 is 0 Å². The van der Waals surface area contributed by atoms with Crippen LogP contribution in [-0.4, -0.2) is 20.9 Å². The van der Waals surface area contributed by atoms with Gasteiger partial charge in [-0.15, -0.1) is 0 Å². The van der Waals surface area contributed by atoms with E-state index in [1.165, 1.54) is 6.42 Å². The number of hydrogen-bond donors (Lipinski definition) is 1. The van der Waals surface area contributed by atoms with E-state index < -0.39 is 5.97 Å². The van der Waals surface area contributed by atoms with Gasteiger partial charge in [-0.3, -0.25) is 4.68 Å². The molecule has 0 saturated heterocycles. The number of hydrogen-bond acceptors (Lipinski definition) is 2. The van der Waals surface area contributed by atoms with Crippen molar-refractivity contribution in [3.8, 4) is 0 Å². The van der Waals surface area contributed by atoms with Gasteiger partial charge in [0.1, 0.15) is 5.56 Å². The van der Waals surface area contributed by atoms with Crippen molar-refractivity contribution >= 4 is 5.97 Å². The molecule has 2 atom stereocenters. The molecule has 0 bridgehead atoms. The second kappa shape index (κ2) is 4.51. The van der Waals surface area contributed by atoms with Crippen LogP contribution in [0.3, 0.4) is 0 Å². The molecular weight excluding hydrogens is 216 g/mol. The number of aromatic nitrogens is 2. The molecule has 2 rings (SSSR count). The maximum absolute atomic E-state index is 11.0. The third-order valence-corrected chi connectivity index (χ3v) is 3.67. The lowest BCUT2D eigenvalue weighted by atomic mass is 9.80. The molecule has 1 aromatic heterocycles. The van der Waals surface area contributed by atoms with E-state index in [0.29, 0.717) is 29.1 Å². The number of carboxylic acid groups (broad SMARTS) is 1. The highest BCUT2D eigenvalue weighted by Gasteiger charge is 2.26. The van der Waals surface area contributed by atoms with E-state index in [1.807, 2.05) is 4.68 Å². The molecule has 1 heterocycles. The van der Waals surface area contributed by atoms with Crippen LogP contribution in [0.1, 0.15) is 55.2 Å². The molecule has 1 aromatic rings. The lowest BCUT2D eigenvalue weighted by molar-refractivity contribution is 0.0696. The first-order valence-corrected chi connectivity index (χ1v) is 6.26. The van der Waals surface area contributed by atoms with Crippen molar-refractivity contribution in [2.75, 3.05) is 0 Å². The molecule has 0 spiro atoms. The Morgan fingerprint density at radius 3 is 2.41 bits per heavy atom. The molecule has 1 aliphatic rings. The molecule has 0 aliphatic heterocycles. The zero-order valence-electron chi connectivity index (χ0n) is 10.7. The van der Waals surface area contributed by atoms with Crippen molar-refractivity contribution in [3.63, 3.8) is 0 Å². The van der Waals surface area contributed by atoms with Crippen LogP contribution >= 0.6 is 0 Å². The molecule has 2 unspecified atom stereocenters. The Morgan fingerprint density at radius 1 is 1.35 bits per heavy atom. The summed E-state index contributed by atoms with van der Waals surface area (Å²) >= 11 is 0. The van der Waals surface area contributed by atoms with Crippen LogP contribution in [-0.2, 0) is 0 Å². The van der Waals surface area contributed by atoms with Crippen molar-refractivity contribution in [1.82, 2.24) is 9.78 Å². The smallest absolute Gasteiger partial charge is 0.339 e. The van der Waals surface area contributed by atoms with Gasteiger partial charge in [0.15, 0.2) is 0 Å². The molecule has 1 N–H and O–H groups in total. The Labute approximate surface area is 102 Å². The SMILES string of the molecule is Cc1nn(C2CC(C)CC(C)C2)cc1C(=O)O. The fourth-order valence-corrected chi connectivity index (χ4v) is 3.00. The molecule has 17 heavy (non-hydrogen) atoms. The van der Waals surface area contributed by atoms with Gasteiger partial charge in [-0.1, -0.05) is 13.8 Å². The van der Waals surface area contributed by atoms with Gasteiger partial charge in [0.2, 0.25) is 0 Å². The number of aryl methyl sites for hydroxylation is 1. The standard InChI is InChI=1S/C13H20N2O2/c1-8-4-9(2)6-11(5-8)15-7-12(13(16)17)10(3)14-15/h7-9,11H,4-6H2,1-3H3,(H,16,17). The van der Waals surface area contributed by atoms with Crippen LogP contribution < -0.4 is 0 Å². The first-order chi connectivity index (χ1) is 7.97. The van der Waals surface area contributed by atoms with Gasteiger partial charge in [-0.05, 0) is 38.0 Å². The predicted octanol–water partition coefficient (Wildman–Crippen LogP) is 2.89. The van der Waals surface area contributed by atoms with E-state index in [0.717, 1.165) is 12.8 Å². The molecule has 0 aromatic carbocycles. The molecule has 1 aliphatic carbocycles. The highest BCUT2D eigenvalue weighted by molar-refractivity contribution is 5.88. The zero-order valence-corrected chi connectivity index (χ0v) is 10.7. The van der Waals surface area contributed by atoms with E-state index in [4.69, 9.17) is 5.11 Å². The normalized spacial score (nSPS) is 29.2. The van der Waals surface area contributed by atoms with E-state index in [1.54, 1.807) is 13.1 Å². The minimum atomic E-state index is -0.884. The van der Waals surface area contributed by atoms with Crippen LogP contribution in [0.25, 0.3) is 0 Å². The van der Waals surface area contributed by atoms with Crippen molar-refractivity contribution < 1.29 is 9.90 Å². The molecule has 0 radical (unpaired) electrons. The van der Waals surface area contributed by atoms with Crippen molar-refractivity contribution in [2.24, 2.45) is 11.8 Å². The summed E-state index contributed by atoms with van der Waals surface area (Å²) in [5, 5.41) is 13.4. The summed E-state index contributed by atoms with van der Waals surface area (Å²) in [5.74, 6) is 0.508. The van der Waals surface area contributed by atoms with E-state index in [9.17, 15) is 4.79 Å². The Hall–Kier alpha value is -1.32. The van der Waals surface area contributed by atoms with Gasteiger partial charge in [0, 0.05) is 6.20 Å². The fourth-order valence-electron chi connectivity index (χ4n) is 3.00. The second-order valence-corrected chi connectivity index (χ2v) is 5.48. The number of carbonyl (C=O) groups is 1. The summed E-state index contributed by atoms with van der Waals surface area (Å²) in [7, 11) is 0. The number of aromatic carboxylic acids is 1. The van der Waals surface area contributed by atoms with Gasteiger partial charge in [-0.25, -0.2) is 4.79 Å². The van der Waals surface area contributed by atoms with Crippen molar-refractivity contribution in [1.29, 1.82) is 0 Å². The minimum absolute atomic E-state index is 0.330. The molecule has 1 fully saturated rings. The molecule has 94 valence electrons. The van der Waals surface area contributed by atoms with Gasteiger partial charge in [-0.2, -0.15) is 5.10 Å². The van der Waals surface area contributed by atoms with Crippen LogP contribution in [0.4, 0.5) is 0 Å². The molecular formula is C13H20N2O2. The van der Waals surface area contributed by atoms with Gasteiger partial charge in [0.05, 0.1) is 11.7 Å². The van der Waals surface area contributed by atoms with Crippen LogP contribution in [0.5, 0.6) is 0 Å². The maximum Gasteiger partial charge on any atom is 0.339 e. The zero-order chi connectivity index (χ0) is 12.6. The van der Waals surface area contributed by atoms with Crippen LogP contribution in [0.15, 0.2) is 6.20 Å². The lowest BCUT2D eigenvalue weighted by Gasteiger charge is -2.31. The number of nitrogens with zero attached hydrogens (tertiary/aromatic N) is 2. The summed E-state index contributed by atoms with van der Waals surface area (Å²) in [4.78, 5) is 11.0. The first kappa shape index (κ1) is 12.1. The summed E-state index contributed by atoms with van der Waals surface area (Å²) in [6.45, 7) is 6.28. The number of carboxylic acids is 1. The van der Waals surface area contributed by atoms with E-state index in [2.05, 4.69) is 18.9 Å². The average Bonchev–Trinajstić information content (AvgIpc) is 2.59. The Balaban J connectivity index is 2.22. The third kappa shape index (κ3) is 2.51. The highest BCUT2D eigenvalue weighted by Crippen LogP contribution is 2.35. The lowest BCUT2D eigenvalue weighted by Crippen LogP contribution is -2.23. The monoisotopic (exact) mass is 236 g/mol. The maximum atomic E-state index is 11.0.